The van der Waals surface area contributed by atoms with Gasteiger partial charge >= 0.3 is 0 Å². The van der Waals surface area contributed by atoms with Crippen molar-refractivity contribution >= 4 is 0 Å². The zero-order valence-electron chi connectivity index (χ0n) is 6.99. The van der Waals surface area contributed by atoms with Gasteiger partial charge in [0.2, 0.25) is 11.6 Å². The largest absolute Gasteiger partial charge is 0.504 e. The molecule has 0 bridgehead atoms. The van der Waals surface area contributed by atoms with Gasteiger partial charge in [-0.25, -0.2) is 4.39 Å². The molecule has 0 amide bonds. The maximum atomic E-state index is 12.9. The zero-order valence-corrected chi connectivity index (χ0v) is 6.99. The Labute approximate surface area is 72.6 Å². The van der Waals surface area contributed by atoms with Gasteiger partial charge in [-0.1, -0.05) is 0 Å². The molecule has 1 rings (SSSR count). The number of rotatable bonds is 1. The Balaban J connectivity index is 3.56. The fraction of sp³-hybridized carbons (Fsp3) is 0.250. The highest BCUT2D eigenvalue weighted by atomic mass is 19.2. The minimum absolute atomic E-state index is 0.476. The van der Waals surface area contributed by atoms with E-state index in [-0.39, 0.29) is 0 Å². The van der Waals surface area contributed by atoms with Crippen LogP contribution in [0.25, 0.3) is 0 Å². The molecule has 2 nitrogen and oxygen atoms in total. The molecule has 0 aliphatic carbocycles. The quantitative estimate of drug-likeness (QED) is 0.690. The van der Waals surface area contributed by atoms with E-state index < -0.39 is 34.5 Å². The van der Waals surface area contributed by atoms with Crippen LogP contribution < -0.4 is 4.74 Å². The van der Waals surface area contributed by atoms with Crippen LogP contribution in [0.5, 0.6) is 11.5 Å². The fourth-order valence-electron chi connectivity index (χ4n) is 0.916. The Bertz CT molecular complexity index is 321. The molecule has 0 atom stereocenters. The lowest BCUT2D eigenvalue weighted by Crippen LogP contribution is -1.99. The highest BCUT2D eigenvalue weighted by Crippen LogP contribution is 2.34. The first-order chi connectivity index (χ1) is 6.00. The van der Waals surface area contributed by atoms with Crippen molar-refractivity contribution in [3.8, 4) is 11.5 Å². The van der Waals surface area contributed by atoms with Gasteiger partial charge in [-0.3, -0.25) is 0 Å². The van der Waals surface area contributed by atoms with Crippen LogP contribution in [-0.2, 0) is 0 Å². The van der Waals surface area contributed by atoms with Crippen molar-refractivity contribution in [1.82, 2.24) is 0 Å². The predicted octanol–water partition coefficient (Wildman–Crippen LogP) is 2.13. The second-order valence-electron chi connectivity index (χ2n) is 2.45. The molecule has 5 heteroatoms. The summed E-state index contributed by atoms with van der Waals surface area (Å²) in [4.78, 5) is 0. The molecule has 1 aromatic rings. The second kappa shape index (κ2) is 3.16. The number of hydrogen-bond acceptors (Lipinski definition) is 2. The molecular formula is C8H7F3O2. The van der Waals surface area contributed by atoms with Gasteiger partial charge in [-0.15, -0.1) is 0 Å². The molecule has 0 saturated heterocycles. The summed E-state index contributed by atoms with van der Waals surface area (Å²) in [7, 11) is 0.982. The van der Waals surface area contributed by atoms with Gasteiger partial charge in [-0.2, -0.15) is 8.78 Å². The van der Waals surface area contributed by atoms with E-state index in [0.29, 0.717) is 0 Å². The number of phenolic OH excluding ortho intramolecular Hbond substituents is 1. The fourth-order valence-corrected chi connectivity index (χ4v) is 0.916. The lowest BCUT2D eigenvalue weighted by molar-refractivity contribution is 0.326. The number of phenols is 1. The number of halogens is 3. The Kier molecular flexibility index (Phi) is 2.36. The zero-order chi connectivity index (χ0) is 10.2. The number of ether oxygens (including phenoxy) is 1. The van der Waals surface area contributed by atoms with E-state index >= 15 is 0 Å². The van der Waals surface area contributed by atoms with Gasteiger partial charge in [0.25, 0.3) is 0 Å². The molecular weight excluding hydrogens is 185 g/mol. The Morgan fingerprint density at radius 1 is 1.08 bits per heavy atom. The molecule has 72 valence electrons. The molecule has 0 aliphatic rings. The molecule has 1 aromatic carbocycles. The van der Waals surface area contributed by atoms with Crippen LogP contribution in [0.4, 0.5) is 13.2 Å². The maximum absolute atomic E-state index is 12.9. The maximum Gasteiger partial charge on any atom is 0.210 e. The van der Waals surface area contributed by atoms with Crippen LogP contribution in [0.3, 0.4) is 0 Å². The molecule has 0 fully saturated rings. The Hall–Kier alpha value is -1.39. The third-order valence-electron chi connectivity index (χ3n) is 1.69. The van der Waals surface area contributed by atoms with Gasteiger partial charge in [0.1, 0.15) is 0 Å². The molecule has 1 N–H and O–H groups in total. The van der Waals surface area contributed by atoms with Gasteiger partial charge in [0, 0.05) is 5.56 Å². The summed E-state index contributed by atoms with van der Waals surface area (Å²) < 4.78 is 42.9. The number of aromatic hydroxyl groups is 1. The molecule has 0 heterocycles. The summed E-state index contributed by atoms with van der Waals surface area (Å²) in [5.41, 5.74) is -0.476. The van der Waals surface area contributed by atoms with Crippen LogP contribution in [0.1, 0.15) is 5.56 Å². The van der Waals surface area contributed by atoms with Gasteiger partial charge in [0.05, 0.1) is 7.11 Å². The summed E-state index contributed by atoms with van der Waals surface area (Å²) in [5, 5.41) is 8.96. The van der Waals surface area contributed by atoms with Crippen LogP contribution in [0.15, 0.2) is 0 Å². The monoisotopic (exact) mass is 192 g/mol. The molecule has 0 saturated carbocycles. The third kappa shape index (κ3) is 1.30. The van der Waals surface area contributed by atoms with Gasteiger partial charge < -0.3 is 9.84 Å². The standard InChI is InChI=1S/C8H7F3O2/c1-3-4(9)5(10)8(13-2)6(11)7(3)12/h12H,1-2H3. The van der Waals surface area contributed by atoms with E-state index in [1.807, 2.05) is 0 Å². The first-order valence-electron chi connectivity index (χ1n) is 3.40. The lowest BCUT2D eigenvalue weighted by Gasteiger charge is -2.08. The van der Waals surface area contributed by atoms with Crippen molar-refractivity contribution in [1.29, 1.82) is 0 Å². The minimum atomic E-state index is -1.43. The van der Waals surface area contributed by atoms with E-state index in [4.69, 9.17) is 5.11 Å². The van der Waals surface area contributed by atoms with E-state index in [9.17, 15) is 13.2 Å². The normalized spacial score (nSPS) is 10.2. The van der Waals surface area contributed by atoms with Crippen molar-refractivity contribution in [3.63, 3.8) is 0 Å². The highest BCUT2D eigenvalue weighted by Gasteiger charge is 2.22. The van der Waals surface area contributed by atoms with E-state index in [0.717, 1.165) is 14.0 Å². The van der Waals surface area contributed by atoms with Crippen molar-refractivity contribution < 1.29 is 23.0 Å². The van der Waals surface area contributed by atoms with E-state index in [2.05, 4.69) is 4.74 Å². The van der Waals surface area contributed by atoms with Crippen LogP contribution >= 0.6 is 0 Å². The molecule has 13 heavy (non-hydrogen) atoms. The number of benzene rings is 1. The Morgan fingerprint density at radius 3 is 2.08 bits per heavy atom. The molecule has 0 unspecified atom stereocenters. The summed E-state index contributed by atoms with van der Waals surface area (Å²) in [5.74, 6) is -5.89. The third-order valence-corrected chi connectivity index (χ3v) is 1.69. The summed E-state index contributed by atoms with van der Waals surface area (Å²) >= 11 is 0. The first kappa shape index (κ1) is 9.70. The second-order valence-corrected chi connectivity index (χ2v) is 2.45. The Morgan fingerprint density at radius 2 is 1.62 bits per heavy atom. The topological polar surface area (TPSA) is 29.5 Å². The SMILES string of the molecule is COc1c(F)c(O)c(C)c(F)c1F. The minimum Gasteiger partial charge on any atom is -0.504 e. The van der Waals surface area contributed by atoms with Crippen molar-refractivity contribution in [2.45, 2.75) is 6.92 Å². The lowest BCUT2D eigenvalue weighted by atomic mass is 10.2. The van der Waals surface area contributed by atoms with Crippen molar-refractivity contribution in [2.75, 3.05) is 7.11 Å². The van der Waals surface area contributed by atoms with Crippen molar-refractivity contribution in [2.24, 2.45) is 0 Å². The van der Waals surface area contributed by atoms with Gasteiger partial charge in [-0.05, 0) is 6.92 Å². The van der Waals surface area contributed by atoms with Crippen LogP contribution in [-0.4, -0.2) is 12.2 Å². The first-order valence-corrected chi connectivity index (χ1v) is 3.40. The van der Waals surface area contributed by atoms with E-state index in [1.165, 1.54) is 0 Å². The molecule has 0 radical (unpaired) electrons. The summed E-state index contributed by atoms with van der Waals surface area (Å²) in [6.07, 6.45) is 0. The molecule has 0 aliphatic heterocycles. The average molecular weight is 192 g/mol. The van der Waals surface area contributed by atoms with Gasteiger partial charge in [0.15, 0.2) is 17.3 Å². The average Bonchev–Trinajstić information content (AvgIpc) is 2.13. The highest BCUT2D eigenvalue weighted by molar-refractivity contribution is 5.43. The van der Waals surface area contributed by atoms with E-state index in [1.54, 1.807) is 0 Å². The summed E-state index contributed by atoms with van der Waals surface area (Å²) in [6.45, 7) is 1.07. The van der Waals surface area contributed by atoms with Crippen LogP contribution in [0, 0.1) is 24.4 Å². The predicted molar refractivity (Wildman–Crippen MR) is 39.3 cm³/mol. The molecule has 0 aromatic heterocycles. The van der Waals surface area contributed by atoms with Crippen molar-refractivity contribution in [3.05, 3.63) is 23.0 Å². The molecule has 0 spiro atoms. The smallest absolute Gasteiger partial charge is 0.210 e. The van der Waals surface area contributed by atoms with Crippen LogP contribution in [0.2, 0.25) is 0 Å². The number of hydrogen-bond donors (Lipinski definition) is 1. The number of methoxy groups -OCH3 is 1. The summed E-state index contributed by atoms with van der Waals surface area (Å²) in [6, 6.07) is 0.